The zero-order valence-corrected chi connectivity index (χ0v) is 17.7. The van der Waals surface area contributed by atoms with Crippen molar-refractivity contribution in [3.05, 3.63) is 24.4 Å². The Morgan fingerprint density at radius 1 is 1.23 bits per heavy atom. The summed E-state index contributed by atoms with van der Waals surface area (Å²) in [6.45, 7) is 2.90. The average molecular weight is 428 g/mol. The summed E-state index contributed by atoms with van der Waals surface area (Å²) in [6, 6.07) is 6.25. The smallest absolute Gasteiger partial charge is 0.320 e. The molecular formula is C21H29N7O3. The summed E-state index contributed by atoms with van der Waals surface area (Å²) in [4.78, 5) is 19.7. The van der Waals surface area contributed by atoms with E-state index in [4.69, 9.17) is 19.9 Å². The van der Waals surface area contributed by atoms with Gasteiger partial charge in [0.15, 0.2) is 17.4 Å². The van der Waals surface area contributed by atoms with Crippen LogP contribution in [0.5, 0.6) is 11.8 Å². The summed E-state index contributed by atoms with van der Waals surface area (Å²) in [5.74, 6) is 2.81. The molecule has 0 radical (unpaired) electrons. The van der Waals surface area contributed by atoms with E-state index in [1.165, 1.54) is 6.34 Å². The van der Waals surface area contributed by atoms with Crippen LogP contribution in [0.4, 0.5) is 17.5 Å². The van der Waals surface area contributed by atoms with Crippen LogP contribution in [0.15, 0.2) is 29.4 Å². The van der Waals surface area contributed by atoms with Gasteiger partial charge in [-0.05, 0) is 37.8 Å². The molecule has 2 aliphatic rings. The number of hydrogen-bond donors (Lipinski definition) is 2. The van der Waals surface area contributed by atoms with Crippen LogP contribution in [0.25, 0.3) is 0 Å². The number of nitrogens with zero attached hydrogens (tertiary/aromatic N) is 5. The third kappa shape index (κ3) is 5.52. The average Bonchev–Trinajstić information content (AvgIpc) is 2.81. The molecule has 1 aliphatic carbocycles. The van der Waals surface area contributed by atoms with Crippen LogP contribution in [0.3, 0.4) is 0 Å². The van der Waals surface area contributed by atoms with Crippen molar-refractivity contribution in [2.24, 2.45) is 10.7 Å². The van der Waals surface area contributed by atoms with E-state index in [1.54, 1.807) is 13.3 Å². The highest BCUT2D eigenvalue weighted by Crippen LogP contribution is 2.29. The van der Waals surface area contributed by atoms with E-state index in [-0.39, 0.29) is 6.10 Å². The number of morpholine rings is 1. The van der Waals surface area contributed by atoms with Crippen LogP contribution in [0.1, 0.15) is 25.7 Å². The van der Waals surface area contributed by atoms with Crippen LogP contribution >= 0.6 is 0 Å². The molecule has 0 unspecified atom stereocenters. The fourth-order valence-corrected chi connectivity index (χ4v) is 3.88. The van der Waals surface area contributed by atoms with Gasteiger partial charge in [0, 0.05) is 31.4 Å². The Morgan fingerprint density at radius 2 is 2.03 bits per heavy atom. The molecule has 31 heavy (non-hydrogen) atoms. The Balaban J connectivity index is 1.38. The van der Waals surface area contributed by atoms with Gasteiger partial charge >= 0.3 is 6.01 Å². The molecule has 0 amide bonds. The summed E-state index contributed by atoms with van der Waals surface area (Å²) < 4.78 is 17.0. The first-order chi connectivity index (χ1) is 15.2. The molecule has 0 aromatic carbocycles. The molecule has 2 aromatic heterocycles. The number of anilines is 2. The maximum Gasteiger partial charge on any atom is 0.320 e. The number of hydrogen-bond acceptors (Lipinski definition) is 9. The Morgan fingerprint density at radius 3 is 2.77 bits per heavy atom. The molecule has 166 valence electrons. The predicted molar refractivity (Wildman–Crippen MR) is 118 cm³/mol. The summed E-state index contributed by atoms with van der Waals surface area (Å²) in [6.07, 6.45) is 6.76. The second kappa shape index (κ2) is 10.3. The molecule has 0 spiro atoms. The standard InChI is InChI=1S/C21H29N7O3/c1-29-17-3-2-8-23-20(17)25-15-4-6-16(7-5-15)31-21-26-18(24-14-22)13-19(27-21)28-9-11-30-12-10-28/h2-3,8,13-16H,4-7,9-12H2,1H3,(H,23,25)(H2,22,24,26,27). The van der Waals surface area contributed by atoms with Crippen LogP contribution in [-0.4, -0.2) is 66.8 Å². The molecule has 1 aliphatic heterocycles. The quantitative estimate of drug-likeness (QED) is 0.506. The van der Waals surface area contributed by atoms with Gasteiger partial charge in [-0.15, -0.1) is 0 Å². The molecule has 4 rings (SSSR count). The molecule has 3 N–H and O–H groups in total. The van der Waals surface area contributed by atoms with E-state index in [0.717, 1.165) is 56.2 Å². The summed E-state index contributed by atoms with van der Waals surface area (Å²) in [7, 11) is 1.65. The lowest BCUT2D eigenvalue weighted by Gasteiger charge is -2.30. The van der Waals surface area contributed by atoms with Gasteiger partial charge in [0.05, 0.1) is 26.7 Å². The minimum absolute atomic E-state index is 0.0540. The first-order valence-corrected chi connectivity index (χ1v) is 10.6. The van der Waals surface area contributed by atoms with Crippen molar-refractivity contribution in [1.29, 1.82) is 0 Å². The maximum atomic E-state index is 6.15. The third-order valence-corrected chi connectivity index (χ3v) is 5.50. The highest BCUT2D eigenvalue weighted by atomic mass is 16.5. The fraction of sp³-hybridized carbons (Fsp3) is 0.524. The largest absolute Gasteiger partial charge is 0.493 e. The van der Waals surface area contributed by atoms with Crippen LogP contribution < -0.4 is 25.4 Å². The zero-order chi connectivity index (χ0) is 21.5. The van der Waals surface area contributed by atoms with Crippen molar-refractivity contribution in [3.63, 3.8) is 0 Å². The Bertz CT molecular complexity index is 881. The zero-order valence-electron chi connectivity index (χ0n) is 17.7. The van der Waals surface area contributed by atoms with Gasteiger partial charge in [-0.2, -0.15) is 9.97 Å². The van der Waals surface area contributed by atoms with Crippen molar-refractivity contribution < 1.29 is 14.2 Å². The van der Waals surface area contributed by atoms with Gasteiger partial charge in [-0.1, -0.05) is 0 Å². The minimum atomic E-state index is 0.0540. The van der Waals surface area contributed by atoms with Crippen LogP contribution in [0, 0.1) is 0 Å². The number of rotatable bonds is 7. The van der Waals surface area contributed by atoms with Gasteiger partial charge in [-0.3, -0.25) is 0 Å². The lowest BCUT2D eigenvalue weighted by molar-refractivity contribution is 0.121. The lowest BCUT2D eigenvalue weighted by Crippen LogP contribution is -2.37. The molecule has 3 heterocycles. The maximum absolute atomic E-state index is 6.15. The highest BCUT2D eigenvalue weighted by Gasteiger charge is 2.25. The number of aliphatic imine (C=N–C) groups is 1. The Labute approximate surface area is 181 Å². The Hall–Kier alpha value is -3.14. The van der Waals surface area contributed by atoms with Crippen LogP contribution in [0.2, 0.25) is 0 Å². The van der Waals surface area contributed by atoms with Gasteiger partial charge in [-0.25, -0.2) is 9.98 Å². The fourth-order valence-electron chi connectivity index (χ4n) is 3.88. The topological polar surface area (TPSA) is 120 Å². The van der Waals surface area contributed by atoms with E-state index >= 15 is 0 Å². The van der Waals surface area contributed by atoms with Crippen LogP contribution in [-0.2, 0) is 4.74 Å². The molecule has 10 nitrogen and oxygen atoms in total. The number of nitrogens with one attached hydrogen (secondary N) is 1. The predicted octanol–water partition coefficient (Wildman–Crippen LogP) is 2.14. The minimum Gasteiger partial charge on any atom is -0.493 e. The molecule has 10 heteroatoms. The second-order valence-corrected chi connectivity index (χ2v) is 7.53. The first-order valence-electron chi connectivity index (χ1n) is 10.6. The van der Waals surface area contributed by atoms with E-state index in [9.17, 15) is 0 Å². The molecule has 1 saturated carbocycles. The molecule has 0 atom stereocenters. The van der Waals surface area contributed by atoms with Crippen molar-refractivity contribution in [1.82, 2.24) is 15.0 Å². The van der Waals surface area contributed by atoms with Crippen molar-refractivity contribution in [2.75, 3.05) is 43.6 Å². The molecule has 2 aromatic rings. The van der Waals surface area contributed by atoms with E-state index in [0.29, 0.717) is 31.1 Å². The van der Waals surface area contributed by atoms with Crippen molar-refractivity contribution in [2.45, 2.75) is 37.8 Å². The highest BCUT2D eigenvalue weighted by molar-refractivity contribution is 5.59. The van der Waals surface area contributed by atoms with E-state index < -0.39 is 0 Å². The number of aromatic nitrogens is 3. The monoisotopic (exact) mass is 427 g/mol. The number of ether oxygens (including phenoxy) is 3. The number of nitrogens with two attached hydrogens (primary N) is 1. The third-order valence-electron chi connectivity index (χ3n) is 5.50. The van der Waals surface area contributed by atoms with Gasteiger partial charge < -0.3 is 30.2 Å². The Kier molecular flexibility index (Phi) is 6.98. The van der Waals surface area contributed by atoms with Gasteiger partial charge in [0.25, 0.3) is 0 Å². The van der Waals surface area contributed by atoms with Gasteiger partial charge in [0.2, 0.25) is 0 Å². The second-order valence-electron chi connectivity index (χ2n) is 7.53. The van der Waals surface area contributed by atoms with Crippen molar-refractivity contribution >= 4 is 23.8 Å². The summed E-state index contributed by atoms with van der Waals surface area (Å²) in [5, 5.41) is 3.49. The molecule has 2 fully saturated rings. The molecule has 0 bridgehead atoms. The first kappa shape index (κ1) is 21.1. The summed E-state index contributed by atoms with van der Waals surface area (Å²) >= 11 is 0. The summed E-state index contributed by atoms with van der Waals surface area (Å²) in [5.41, 5.74) is 5.48. The van der Waals surface area contributed by atoms with Gasteiger partial charge in [0.1, 0.15) is 11.9 Å². The number of pyridine rings is 1. The SMILES string of the molecule is COc1cccnc1NC1CCC(Oc2nc(/N=C\N)cc(N3CCOCC3)n2)CC1. The number of methoxy groups -OCH3 is 1. The van der Waals surface area contributed by atoms with E-state index in [2.05, 4.69) is 30.2 Å². The van der Waals surface area contributed by atoms with E-state index in [1.807, 2.05) is 18.2 Å². The molecule has 1 saturated heterocycles. The van der Waals surface area contributed by atoms with Crippen molar-refractivity contribution in [3.8, 4) is 11.8 Å². The molecular weight excluding hydrogens is 398 g/mol. The normalized spacial score (nSPS) is 21.8. The lowest BCUT2D eigenvalue weighted by atomic mass is 9.93.